The standard InChI is InChI=1S/C19H17ClN2O2/c20-14-5-1-4-13(12-14)10-11-21-19(24)22-17-8-2-7-16-15(17)6-3-9-18(16)23/h1-9,12,23H,10-11H2,(H2,21,22,24). The second-order valence-electron chi connectivity index (χ2n) is 5.44. The van der Waals surface area contributed by atoms with E-state index < -0.39 is 0 Å². The van der Waals surface area contributed by atoms with Gasteiger partial charge >= 0.3 is 6.03 Å². The van der Waals surface area contributed by atoms with E-state index in [-0.39, 0.29) is 11.8 Å². The predicted molar refractivity (Wildman–Crippen MR) is 97.8 cm³/mol. The minimum Gasteiger partial charge on any atom is -0.507 e. The highest BCUT2D eigenvalue weighted by atomic mass is 35.5. The van der Waals surface area contributed by atoms with Gasteiger partial charge in [0.2, 0.25) is 0 Å². The minimum atomic E-state index is -0.284. The first-order valence-electron chi connectivity index (χ1n) is 7.63. The molecule has 3 N–H and O–H groups in total. The van der Waals surface area contributed by atoms with Gasteiger partial charge in [0.1, 0.15) is 5.75 Å². The molecule has 0 spiro atoms. The largest absolute Gasteiger partial charge is 0.507 e. The quantitative estimate of drug-likeness (QED) is 0.651. The first-order valence-corrected chi connectivity index (χ1v) is 8.01. The first-order chi connectivity index (χ1) is 11.6. The summed E-state index contributed by atoms with van der Waals surface area (Å²) in [5.41, 5.74) is 1.72. The van der Waals surface area contributed by atoms with Crippen molar-refractivity contribution in [3.63, 3.8) is 0 Å². The van der Waals surface area contributed by atoms with Crippen molar-refractivity contribution in [2.45, 2.75) is 6.42 Å². The van der Waals surface area contributed by atoms with Gasteiger partial charge in [0, 0.05) is 22.3 Å². The highest BCUT2D eigenvalue weighted by Crippen LogP contribution is 2.29. The number of amides is 2. The van der Waals surface area contributed by atoms with Gasteiger partial charge in [0.15, 0.2) is 0 Å². The van der Waals surface area contributed by atoms with Crippen LogP contribution in [0.4, 0.5) is 10.5 Å². The highest BCUT2D eigenvalue weighted by Gasteiger charge is 2.07. The topological polar surface area (TPSA) is 61.4 Å². The molecule has 0 aliphatic rings. The fraction of sp³-hybridized carbons (Fsp3) is 0.105. The summed E-state index contributed by atoms with van der Waals surface area (Å²) < 4.78 is 0. The molecule has 0 fully saturated rings. The van der Waals surface area contributed by atoms with Gasteiger partial charge in [-0.05, 0) is 36.2 Å². The Balaban J connectivity index is 1.62. The van der Waals surface area contributed by atoms with Gasteiger partial charge in [0.25, 0.3) is 0 Å². The molecule has 3 aromatic carbocycles. The average Bonchev–Trinajstić information content (AvgIpc) is 2.56. The van der Waals surface area contributed by atoms with Crippen LogP contribution in [0, 0.1) is 0 Å². The zero-order valence-electron chi connectivity index (χ0n) is 12.9. The molecule has 122 valence electrons. The predicted octanol–water partition coefficient (Wildman–Crippen LogP) is 4.56. The number of halogens is 1. The maximum absolute atomic E-state index is 12.1. The van der Waals surface area contributed by atoms with Crippen LogP contribution in [0.2, 0.25) is 5.02 Å². The monoisotopic (exact) mass is 340 g/mol. The van der Waals surface area contributed by atoms with Gasteiger partial charge in [-0.25, -0.2) is 4.79 Å². The van der Waals surface area contributed by atoms with Crippen LogP contribution in [0.5, 0.6) is 5.75 Å². The molecule has 5 heteroatoms. The second kappa shape index (κ2) is 7.23. The first kappa shape index (κ1) is 16.1. The summed E-state index contributed by atoms with van der Waals surface area (Å²) >= 11 is 5.94. The van der Waals surface area contributed by atoms with Crippen LogP contribution in [-0.2, 0) is 6.42 Å². The van der Waals surface area contributed by atoms with Crippen molar-refractivity contribution in [3.05, 3.63) is 71.2 Å². The number of hydrogen-bond donors (Lipinski definition) is 3. The van der Waals surface area contributed by atoms with E-state index in [0.29, 0.717) is 29.1 Å². The van der Waals surface area contributed by atoms with Crippen LogP contribution in [0.1, 0.15) is 5.56 Å². The van der Waals surface area contributed by atoms with E-state index in [1.165, 1.54) is 0 Å². The third-order valence-electron chi connectivity index (χ3n) is 3.74. The number of carbonyl (C=O) groups is 1. The van der Waals surface area contributed by atoms with Crippen LogP contribution >= 0.6 is 11.6 Å². The van der Waals surface area contributed by atoms with E-state index in [9.17, 15) is 9.90 Å². The van der Waals surface area contributed by atoms with Gasteiger partial charge in [0.05, 0.1) is 5.69 Å². The number of hydrogen-bond acceptors (Lipinski definition) is 2. The van der Waals surface area contributed by atoms with Crippen molar-refractivity contribution < 1.29 is 9.90 Å². The Morgan fingerprint density at radius 3 is 2.58 bits per heavy atom. The molecule has 0 heterocycles. The highest BCUT2D eigenvalue weighted by molar-refractivity contribution is 6.30. The maximum atomic E-state index is 12.1. The Labute approximate surface area is 145 Å². The molecule has 3 aromatic rings. The summed E-state index contributed by atoms with van der Waals surface area (Å²) in [6.45, 7) is 0.502. The number of anilines is 1. The van der Waals surface area contributed by atoms with Crippen molar-refractivity contribution >= 4 is 34.1 Å². The molecule has 0 aliphatic heterocycles. The molecule has 0 aromatic heterocycles. The van der Waals surface area contributed by atoms with Crippen molar-refractivity contribution in [2.24, 2.45) is 0 Å². The van der Waals surface area contributed by atoms with Crippen LogP contribution in [-0.4, -0.2) is 17.7 Å². The number of aromatic hydroxyl groups is 1. The van der Waals surface area contributed by atoms with E-state index in [0.717, 1.165) is 10.9 Å². The zero-order valence-corrected chi connectivity index (χ0v) is 13.7. The number of rotatable bonds is 4. The Bertz CT molecular complexity index is 880. The Kier molecular flexibility index (Phi) is 4.87. The van der Waals surface area contributed by atoms with E-state index in [1.807, 2.05) is 36.4 Å². The van der Waals surface area contributed by atoms with E-state index in [1.54, 1.807) is 24.3 Å². The van der Waals surface area contributed by atoms with Gasteiger partial charge < -0.3 is 15.7 Å². The number of fused-ring (bicyclic) bond motifs is 1. The molecule has 0 atom stereocenters. The molecule has 2 amide bonds. The van der Waals surface area contributed by atoms with Crippen molar-refractivity contribution in [2.75, 3.05) is 11.9 Å². The molecule has 3 rings (SSSR count). The van der Waals surface area contributed by atoms with Gasteiger partial charge in [-0.15, -0.1) is 0 Å². The van der Waals surface area contributed by atoms with Crippen molar-refractivity contribution in [1.82, 2.24) is 5.32 Å². The summed E-state index contributed by atoms with van der Waals surface area (Å²) in [5.74, 6) is 0.192. The zero-order chi connectivity index (χ0) is 16.9. The summed E-state index contributed by atoms with van der Waals surface area (Å²) in [4.78, 5) is 12.1. The maximum Gasteiger partial charge on any atom is 0.319 e. The van der Waals surface area contributed by atoms with E-state index in [2.05, 4.69) is 10.6 Å². The van der Waals surface area contributed by atoms with E-state index in [4.69, 9.17) is 11.6 Å². The van der Waals surface area contributed by atoms with E-state index >= 15 is 0 Å². The molecule has 0 saturated carbocycles. The normalized spacial score (nSPS) is 10.5. The molecule has 0 bridgehead atoms. The summed E-state index contributed by atoms with van der Waals surface area (Å²) in [6.07, 6.45) is 0.699. The number of phenols is 1. The van der Waals surface area contributed by atoms with Crippen molar-refractivity contribution in [1.29, 1.82) is 0 Å². The fourth-order valence-corrected chi connectivity index (χ4v) is 2.79. The fourth-order valence-electron chi connectivity index (χ4n) is 2.58. The lowest BCUT2D eigenvalue weighted by molar-refractivity contribution is 0.252. The number of benzene rings is 3. The summed E-state index contributed by atoms with van der Waals surface area (Å²) in [6, 6.07) is 17.9. The second-order valence-corrected chi connectivity index (χ2v) is 5.88. The minimum absolute atomic E-state index is 0.192. The van der Waals surface area contributed by atoms with Crippen LogP contribution in [0.3, 0.4) is 0 Å². The number of phenolic OH excluding ortho intramolecular Hbond substituents is 1. The smallest absolute Gasteiger partial charge is 0.319 e. The lowest BCUT2D eigenvalue weighted by atomic mass is 10.1. The van der Waals surface area contributed by atoms with Crippen LogP contribution in [0.25, 0.3) is 10.8 Å². The number of urea groups is 1. The van der Waals surface area contributed by atoms with Crippen LogP contribution < -0.4 is 10.6 Å². The third-order valence-corrected chi connectivity index (χ3v) is 3.97. The third kappa shape index (κ3) is 3.78. The Morgan fingerprint density at radius 2 is 1.75 bits per heavy atom. The molecule has 4 nitrogen and oxygen atoms in total. The number of carbonyl (C=O) groups excluding carboxylic acids is 1. The SMILES string of the molecule is O=C(NCCc1cccc(Cl)c1)Nc1cccc2c(O)cccc12. The van der Waals surface area contributed by atoms with Gasteiger partial charge in [-0.2, -0.15) is 0 Å². The van der Waals surface area contributed by atoms with Gasteiger partial charge in [-0.1, -0.05) is 48.0 Å². The molecule has 24 heavy (non-hydrogen) atoms. The van der Waals surface area contributed by atoms with Crippen molar-refractivity contribution in [3.8, 4) is 5.75 Å². The molecule has 0 saturated heterocycles. The molecular formula is C19H17ClN2O2. The molecule has 0 unspecified atom stereocenters. The van der Waals surface area contributed by atoms with Gasteiger partial charge in [-0.3, -0.25) is 0 Å². The van der Waals surface area contributed by atoms with Crippen LogP contribution in [0.15, 0.2) is 60.7 Å². The molecular weight excluding hydrogens is 324 g/mol. The summed E-state index contributed by atoms with van der Waals surface area (Å²) in [5, 5.41) is 17.7. The summed E-state index contributed by atoms with van der Waals surface area (Å²) in [7, 11) is 0. The lowest BCUT2D eigenvalue weighted by Gasteiger charge is -2.11. The molecule has 0 radical (unpaired) electrons. The number of nitrogens with one attached hydrogen (secondary N) is 2. The Morgan fingerprint density at radius 1 is 1.00 bits per heavy atom. The molecule has 0 aliphatic carbocycles. The Hall–Kier alpha value is -2.72. The lowest BCUT2D eigenvalue weighted by Crippen LogP contribution is -2.30. The average molecular weight is 341 g/mol.